The molecule has 2 aromatic rings. The van der Waals surface area contributed by atoms with Crippen LogP contribution in [0.15, 0.2) is 41.5 Å². The molecule has 3 amide bonds. The van der Waals surface area contributed by atoms with Crippen molar-refractivity contribution < 1.29 is 9.59 Å². The van der Waals surface area contributed by atoms with E-state index in [1.165, 1.54) is 17.0 Å². The molecule has 1 fully saturated rings. The van der Waals surface area contributed by atoms with E-state index in [2.05, 4.69) is 10.3 Å². The largest absolute Gasteiger partial charge is 0.334 e. The van der Waals surface area contributed by atoms with Crippen LogP contribution in [0.2, 0.25) is 0 Å². The topological polar surface area (TPSA) is 87.5 Å². The van der Waals surface area contributed by atoms with Crippen molar-refractivity contribution in [3.8, 4) is 0 Å². The van der Waals surface area contributed by atoms with Gasteiger partial charge >= 0.3 is 6.03 Å². The molecule has 0 bridgehead atoms. The van der Waals surface area contributed by atoms with Gasteiger partial charge in [-0.05, 0) is 24.6 Å². The van der Waals surface area contributed by atoms with Crippen LogP contribution in [0.5, 0.6) is 0 Å². The fourth-order valence-corrected chi connectivity index (χ4v) is 2.78. The Kier molecular flexibility index (Phi) is 5.01. The van der Waals surface area contributed by atoms with Gasteiger partial charge in [0, 0.05) is 45.0 Å². The zero-order valence-electron chi connectivity index (χ0n) is 14.8. The van der Waals surface area contributed by atoms with Gasteiger partial charge < -0.3 is 19.7 Å². The van der Waals surface area contributed by atoms with E-state index in [4.69, 9.17) is 0 Å². The Balaban J connectivity index is 1.58. The summed E-state index contributed by atoms with van der Waals surface area (Å²) in [6, 6.07) is 8.64. The molecule has 3 rings (SSSR count). The Morgan fingerprint density at radius 3 is 2.42 bits per heavy atom. The highest BCUT2D eigenvalue weighted by atomic mass is 16.2. The molecule has 1 aromatic carbocycles. The van der Waals surface area contributed by atoms with Crippen LogP contribution in [0.4, 0.5) is 10.5 Å². The van der Waals surface area contributed by atoms with Crippen LogP contribution >= 0.6 is 0 Å². The number of anilines is 1. The molecule has 1 aliphatic heterocycles. The highest BCUT2D eigenvalue weighted by Gasteiger charge is 2.25. The van der Waals surface area contributed by atoms with E-state index in [0.29, 0.717) is 26.2 Å². The molecule has 1 N–H and O–H groups in total. The van der Waals surface area contributed by atoms with E-state index in [1.807, 2.05) is 31.2 Å². The zero-order valence-corrected chi connectivity index (χ0v) is 14.8. The number of urea groups is 1. The van der Waals surface area contributed by atoms with Gasteiger partial charge in [-0.3, -0.25) is 9.59 Å². The molecule has 0 radical (unpaired) electrons. The second-order valence-electron chi connectivity index (χ2n) is 6.30. The Labute approximate surface area is 151 Å². The number of piperazine rings is 1. The second-order valence-corrected chi connectivity index (χ2v) is 6.30. The van der Waals surface area contributed by atoms with Gasteiger partial charge in [-0.15, -0.1) is 0 Å². The summed E-state index contributed by atoms with van der Waals surface area (Å²) < 4.78 is 1.31. The summed E-state index contributed by atoms with van der Waals surface area (Å²) in [5.41, 5.74) is 1.67. The lowest BCUT2D eigenvalue weighted by atomic mass is 10.2. The van der Waals surface area contributed by atoms with Crippen LogP contribution in [0.1, 0.15) is 16.1 Å². The van der Waals surface area contributed by atoms with Crippen molar-refractivity contribution in [2.45, 2.75) is 6.92 Å². The van der Waals surface area contributed by atoms with Crippen LogP contribution in [0, 0.1) is 6.92 Å². The lowest BCUT2D eigenvalue weighted by Gasteiger charge is -2.34. The first kappa shape index (κ1) is 17.7. The molecule has 8 nitrogen and oxygen atoms in total. The number of nitrogens with zero attached hydrogens (tertiary/aromatic N) is 4. The molecule has 26 heavy (non-hydrogen) atoms. The summed E-state index contributed by atoms with van der Waals surface area (Å²) in [6.45, 7) is 3.61. The molecule has 0 atom stereocenters. The molecule has 0 saturated carbocycles. The summed E-state index contributed by atoms with van der Waals surface area (Å²) >= 11 is 0. The second kappa shape index (κ2) is 7.38. The van der Waals surface area contributed by atoms with Gasteiger partial charge in [-0.2, -0.15) is 0 Å². The average molecular weight is 355 g/mol. The van der Waals surface area contributed by atoms with Gasteiger partial charge in [0.1, 0.15) is 5.69 Å². The fourth-order valence-electron chi connectivity index (χ4n) is 2.78. The van der Waals surface area contributed by atoms with Crippen LogP contribution in [-0.4, -0.2) is 57.5 Å². The number of rotatable bonds is 2. The van der Waals surface area contributed by atoms with Crippen molar-refractivity contribution in [1.29, 1.82) is 0 Å². The predicted octanol–water partition coefficient (Wildman–Crippen LogP) is 1.08. The van der Waals surface area contributed by atoms with E-state index in [1.54, 1.807) is 16.8 Å². The first-order valence-corrected chi connectivity index (χ1v) is 8.38. The summed E-state index contributed by atoms with van der Waals surface area (Å²) in [4.78, 5) is 43.8. The molecule has 2 heterocycles. The van der Waals surface area contributed by atoms with Gasteiger partial charge in [-0.1, -0.05) is 12.1 Å². The first-order valence-electron chi connectivity index (χ1n) is 8.38. The maximum atomic E-state index is 12.5. The fraction of sp³-hybridized carbons (Fsp3) is 0.333. The van der Waals surface area contributed by atoms with E-state index in [9.17, 15) is 14.4 Å². The Bertz CT molecular complexity index is 884. The quantitative estimate of drug-likeness (QED) is 0.873. The zero-order chi connectivity index (χ0) is 18.7. The van der Waals surface area contributed by atoms with Crippen LogP contribution < -0.4 is 10.9 Å². The number of nitrogens with one attached hydrogen (secondary N) is 1. The number of benzene rings is 1. The minimum atomic E-state index is -0.290. The Morgan fingerprint density at radius 2 is 1.77 bits per heavy atom. The highest BCUT2D eigenvalue weighted by molar-refractivity contribution is 5.93. The normalized spacial score (nSPS) is 14.2. The molecular weight excluding hydrogens is 334 g/mol. The van der Waals surface area contributed by atoms with Crippen molar-refractivity contribution in [2.75, 3.05) is 31.5 Å². The lowest BCUT2D eigenvalue weighted by molar-refractivity contribution is 0.0665. The van der Waals surface area contributed by atoms with Gasteiger partial charge in [-0.25, -0.2) is 9.78 Å². The highest BCUT2D eigenvalue weighted by Crippen LogP contribution is 2.12. The molecule has 1 aliphatic rings. The smallest absolute Gasteiger partial charge is 0.321 e. The summed E-state index contributed by atoms with van der Waals surface area (Å²) in [6.07, 6.45) is 1.33. The number of carbonyl (C=O) groups excluding carboxylic acids is 2. The standard InChI is InChI=1S/C18H21N5O3/c1-13-4-3-5-14(10-13)20-18(26)23-8-6-22(7-9-23)17(25)15-11-16(24)21(2)12-19-15/h3-5,10-12H,6-9H2,1-2H3,(H,20,26). The molecule has 1 aromatic heterocycles. The molecule has 136 valence electrons. The Morgan fingerprint density at radius 1 is 1.08 bits per heavy atom. The van der Waals surface area contributed by atoms with Gasteiger partial charge in [0.25, 0.3) is 11.5 Å². The van der Waals surface area contributed by atoms with Gasteiger partial charge in [0.15, 0.2) is 0 Å². The summed E-state index contributed by atoms with van der Waals surface area (Å²) in [5, 5.41) is 2.87. The molecule has 0 spiro atoms. The van der Waals surface area contributed by atoms with Gasteiger partial charge in [0.2, 0.25) is 0 Å². The van der Waals surface area contributed by atoms with E-state index >= 15 is 0 Å². The van der Waals surface area contributed by atoms with Gasteiger partial charge in [0.05, 0.1) is 6.33 Å². The van der Waals surface area contributed by atoms with Crippen molar-refractivity contribution in [2.24, 2.45) is 7.05 Å². The molecule has 0 unspecified atom stereocenters. The monoisotopic (exact) mass is 355 g/mol. The predicted molar refractivity (Wildman–Crippen MR) is 97.2 cm³/mol. The number of carbonyl (C=O) groups is 2. The van der Waals surface area contributed by atoms with Crippen molar-refractivity contribution in [1.82, 2.24) is 19.4 Å². The summed E-state index contributed by atoms with van der Waals surface area (Å²) in [5.74, 6) is -0.290. The minimum Gasteiger partial charge on any atom is -0.334 e. The van der Waals surface area contributed by atoms with E-state index < -0.39 is 0 Å². The minimum absolute atomic E-state index is 0.130. The van der Waals surface area contributed by atoms with Crippen LogP contribution in [0.3, 0.4) is 0 Å². The number of aromatic nitrogens is 2. The maximum absolute atomic E-state index is 12.5. The number of amides is 3. The first-order chi connectivity index (χ1) is 12.4. The number of hydrogen-bond donors (Lipinski definition) is 1. The molecule has 1 saturated heterocycles. The number of aryl methyl sites for hydroxylation is 2. The van der Waals surface area contributed by atoms with Crippen LogP contribution in [-0.2, 0) is 7.05 Å². The van der Waals surface area contributed by atoms with Crippen LogP contribution in [0.25, 0.3) is 0 Å². The third-order valence-corrected chi connectivity index (χ3v) is 4.32. The van der Waals surface area contributed by atoms with Crippen molar-refractivity contribution in [3.05, 3.63) is 58.3 Å². The number of hydrogen-bond acceptors (Lipinski definition) is 4. The average Bonchev–Trinajstić information content (AvgIpc) is 2.63. The summed E-state index contributed by atoms with van der Waals surface area (Å²) in [7, 11) is 1.58. The molecular formula is C18H21N5O3. The van der Waals surface area contributed by atoms with E-state index in [0.717, 1.165) is 11.3 Å². The Hall–Kier alpha value is -3.16. The lowest BCUT2D eigenvalue weighted by Crippen LogP contribution is -2.52. The third kappa shape index (κ3) is 3.90. The molecule has 0 aliphatic carbocycles. The van der Waals surface area contributed by atoms with Crippen molar-refractivity contribution >= 4 is 17.6 Å². The van der Waals surface area contributed by atoms with Crippen molar-refractivity contribution in [3.63, 3.8) is 0 Å². The SMILES string of the molecule is Cc1cccc(NC(=O)N2CCN(C(=O)c3cc(=O)n(C)cn3)CC2)c1. The third-order valence-electron chi connectivity index (χ3n) is 4.32. The van der Waals surface area contributed by atoms with E-state index in [-0.39, 0.29) is 23.2 Å². The molecule has 8 heteroatoms. The maximum Gasteiger partial charge on any atom is 0.321 e.